The van der Waals surface area contributed by atoms with Gasteiger partial charge in [-0.1, -0.05) is 0 Å². The smallest absolute Gasteiger partial charge is 0.232 e. The standard InChI is InChI=1S/C14H21N3O2S/c1-16(2)13(18)14-4-7-19-11(14)3-6-17(10-14)9-12-15-5-8-20-12/h5,8,11H,3-4,6-7,9-10H2,1-2H3/t11-,14-/m1/s1. The highest BCUT2D eigenvalue weighted by Crippen LogP contribution is 2.42. The number of aromatic nitrogens is 1. The van der Waals surface area contributed by atoms with Crippen LogP contribution in [0.2, 0.25) is 0 Å². The second-order valence-electron chi connectivity index (χ2n) is 5.89. The number of ether oxygens (including phenoxy) is 1. The molecule has 110 valence electrons. The first kappa shape index (κ1) is 14.0. The van der Waals surface area contributed by atoms with E-state index in [1.54, 1.807) is 16.2 Å². The zero-order valence-corrected chi connectivity index (χ0v) is 12.9. The van der Waals surface area contributed by atoms with Gasteiger partial charge in [0.25, 0.3) is 0 Å². The van der Waals surface area contributed by atoms with Gasteiger partial charge in [0.2, 0.25) is 5.91 Å². The van der Waals surface area contributed by atoms with Gasteiger partial charge in [0, 0.05) is 45.4 Å². The summed E-state index contributed by atoms with van der Waals surface area (Å²) in [5.41, 5.74) is -0.348. The fraction of sp³-hybridized carbons (Fsp3) is 0.714. The third kappa shape index (κ3) is 2.36. The van der Waals surface area contributed by atoms with Gasteiger partial charge in [0.05, 0.1) is 18.1 Å². The number of carbonyl (C=O) groups is 1. The van der Waals surface area contributed by atoms with Crippen LogP contribution in [0.5, 0.6) is 0 Å². The molecule has 2 atom stereocenters. The van der Waals surface area contributed by atoms with Crippen LogP contribution in [0.25, 0.3) is 0 Å². The minimum atomic E-state index is -0.348. The number of piperidine rings is 1. The zero-order valence-electron chi connectivity index (χ0n) is 12.0. The number of thiazole rings is 1. The van der Waals surface area contributed by atoms with Crippen LogP contribution in [0.4, 0.5) is 0 Å². The summed E-state index contributed by atoms with van der Waals surface area (Å²) in [6.45, 7) is 3.31. The van der Waals surface area contributed by atoms with Crippen LogP contribution in [0.1, 0.15) is 17.8 Å². The molecular formula is C14H21N3O2S. The number of amides is 1. The van der Waals surface area contributed by atoms with Gasteiger partial charge in [-0.3, -0.25) is 9.69 Å². The van der Waals surface area contributed by atoms with Crippen LogP contribution in [-0.2, 0) is 16.1 Å². The Morgan fingerprint density at radius 1 is 1.65 bits per heavy atom. The van der Waals surface area contributed by atoms with Gasteiger partial charge in [-0.25, -0.2) is 4.98 Å². The molecule has 0 aromatic carbocycles. The van der Waals surface area contributed by atoms with Crippen molar-refractivity contribution in [3.05, 3.63) is 16.6 Å². The largest absolute Gasteiger partial charge is 0.377 e. The summed E-state index contributed by atoms with van der Waals surface area (Å²) >= 11 is 1.68. The number of likely N-dealkylation sites (tertiary alicyclic amines) is 1. The third-order valence-corrected chi connectivity index (χ3v) is 5.14. The second-order valence-corrected chi connectivity index (χ2v) is 6.87. The Kier molecular flexibility index (Phi) is 3.79. The van der Waals surface area contributed by atoms with E-state index in [4.69, 9.17) is 4.74 Å². The Morgan fingerprint density at radius 2 is 2.50 bits per heavy atom. The van der Waals surface area contributed by atoms with Crippen LogP contribution in [0.15, 0.2) is 11.6 Å². The summed E-state index contributed by atoms with van der Waals surface area (Å²) in [4.78, 5) is 21.1. The SMILES string of the molecule is CN(C)C(=O)[C@@]12CCO[C@@H]1CCN(Cc1nccs1)C2. The highest BCUT2D eigenvalue weighted by atomic mass is 32.1. The van der Waals surface area contributed by atoms with Crippen molar-refractivity contribution < 1.29 is 9.53 Å². The second kappa shape index (κ2) is 5.42. The van der Waals surface area contributed by atoms with Gasteiger partial charge in [-0.2, -0.15) is 0 Å². The average molecular weight is 295 g/mol. The molecule has 2 aliphatic rings. The molecule has 3 rings (SSSR count). The predicted octanol–water partition coefficient (Wildman–Crippen LogP) is 1.21. The highest BCUT2D eigenvalue weighted by Gasteiger charge is 2.53. The molecule has 2 saturated heterocycles. The Labute approximate surface area is 123 Å². The van der Waals surface area contributed by atoms with Crippen molar-refractivity contribution in [2.75, 3.05) is 33.8 Å². The summed E-state index contributed by atoms with van der Waals surface area (Å²) < 4.78 is 5.83. The van der Waals surface area contributed by atoms with Crippen molar-refractivity contribution in [1.29, 1.82) is 0 Å². The summed E-state index contributed by atoms with van der Waals surface area (Å²) in [6.07, 6.45) is 3.70. The van der Waals surface area contributed by atoms with Crippen molar-refractivity contribution >= 4 is 17.2 Å². The number of fused-ring (bicyclic) bond motifs is 1. The molecule has 6 heteroatoms. The summed E-state index contributed by atoms with van der Waals surface area (Å²) in [5, 5.41) is 3.12. The van der Waals surface area contributed by atoms with E-state index in [0.29, 0.717) is 6.61 Å². The Hall–Kier alpha value is -0.980. The quantitative estimate of drug-likeness (QED) is 0.841. The molecule has 1 aromatic heterocycles. The number of rotatable bonds is 3. The molecule has 0 unspecified atom stereocenters. The maximum atomic E-state index is 12.7. The molecule has 2 aliphatic heterocycles. The topological polar surface area (TPSA) is 45.7 Å². The molecule has 0 N–H and O–H groups in total. The fourth-order valence-corrected chi connectivity index (χ4v) is 4.09. The van der Waals surface area contributed by atoms with E-state index in [0.717, 1.165) is 37.5 Å². The van der Waals surface area contributed by atoms with Crippen LogP contribution in [0.3, 0.4) is 0 Å². The molecule has 0 spiro atoms. The lowest BCUT2D eigenvalue weighted by atomic mass is 9.75. The zero-order chi connectivity index (χ0) is 14.2. The molecular weight excluding hydrogens is 274 g/mol. The molecule has 3 heterocycles. The van der Waals surface area contributed by atoms with Crippen LogP contribution in [-0.4, -0.2) is 60.6 Å². The summed E-state index contributed by atoms with van der Waals surface area (Å²) in [7, 11) is 3.68. The Bertz CT molecular complexity index is 477. The normalized spacial score (nSPS) is 30.2. The fourth-order valence-electron chi connectivity index (χ4n) is 3.44. The molecule has 0 saturated carbocycles. The van der Waals surface area contributed by atoms with Crippen LogP contribution in [0, 0.1) is 5.41 Å². The maximum absolute atomic E-state index is 12.7. The molecule has 20 heavy (non-hydrogen) atoms. The van der Waals surface area contributed by atoms with E-state index in [-0.39, 0.29) is 17.4 Å². The third-order valence-electron chi connectivity index (χ3n) is 4.37. The highest BCUT2D eigenvalue weighted by molar-refractivity contribution is 7.09. The minimum absolute atomic E-state index is 0.0879. The van der Waals surface area contributed by atoms with Crippen molar-refractivity contribution in [1.82, 2.24) is 14.8 Å². The van der Waals surface area contributed by atoms with E-state index in [1.165, 1.54) is 0 Å². The lowest BCUT2D eigenvalue weighted by molar-refractivity contribution is -0.148. The summed E-state index contributed by atoms with van der Waals surface area (Å²) in [6, 6.07) is 0. The van der Waals surface area contributed by atoms with Gasteiger partial charge in [-0.05, 0) is 12.8 Å². The molecule has 0 radical (unpaired) electrons. The molecule has 0 bridgehead atoms. The predicted molar refractivity (Wildman–Crippen MR) is 77.5 cm³/mol. The van der Waals surface area contributed by atoms with Crippen molar-refractivity contribution in [3.8, 4) is 0 Å². The van der Waals surface area contributed by atoms with Gasteiger partial charge >= 0.3 is 0 Å². The van der Waals surface area contributed by atoms with Crippen LogP contribution >= 0.6 is 11.3 Å². The van der Waals surface area contributed by atoms with E-state index < -0.39 is 0 Å². The van der Waals surface area contributed by atoms with Crippen LogP contribution < -0.4 is 0 Å². The molecule has 1 amide bonds. The molecule has 1 aromatic rings. The van der Waals surface area contributed by atoms with Gasteiger partial charge in [0.1, 0.15) is 5.01 Å². The van der Waals surface area contributed by atoms with Gasteiger partial charge in [-0.15, -0.1) is 11.3 Å². The first-order chi connectivity index (χ1) is 9.62. The van der Waals surface area contributed by atoms with Crippen molar-refractivity contribution in [2.45, 2.75) is 25.5 Å². The average Bonchev–Trinajstić information content (AvgIpc) is 3.06. The maximum Gasteiger partial charge on any atom is 0.232 e. The lowest BCUT2D eigenvalue weighted by Gasteiger charge is -2.43. The summed E-state index contributed by atoms with van der Waals surface area (Å²) in [5.74, 6) is 0.212. The van der Waals surface area contributed by atoms with E-state index in [1.807, 2.05) is 25.7 Å². The number of nitrogens with zero attached hydrogens (tertiary/aromatic N) is 3. The van der Waals surface area contributed by atoms with Crippen molar-refractivity contribution in [2.24, 2.45) is 5.41 Å². The molecule has 2 fully saturated rings. The first-order valence-corrected chi connectivity index (χ1v) is 7.94. The first-order valence-electron chi connectivity index (χ1n) is 7.06. The van der Waals surface area contributed by atoms with Gasteiger partial charge < -0.3 is 9.64 Å². The lowest BCUT2D eigenvalue weighted by Crippen LogP contribution is -2.56. The van der Waals surface area contributed by atoms with E-state index in [2.05, 4.69) is 9.88 Å². The Morgan fingerprint density at radius 3 is 3.20 bits per heavy atom. The van der Waals surface area contributed by atoms with Gasteiger partial charge in [0.15, 0.2) is 0 Å². The number of hydrogen-bond acceptors (Lipinski definition) is 5. The van der Waals surface area contributed by atoms with E-state index in [9.17, 15) is 4.79 Å². The van der Waals surface area contributed by atoms with E-state index >= 15 is 0 Å². The monoisotopic (exact) mass is 295 g/mol. The molecule has 0 aliphatic carbocycles. The Balaban J connectivity index is 1.77. The number of hydrogen-bond donors (Lipinski definition) is 0. The number of carbonyl (C=O) groups excluding carboxylic acids is 1. The molecule has 5 nitrogen and oxygen atoms in total. The minimum Gasteiger partial charge on any atom is -0.377 e. The van der Waals surface area contributed by atoms with Crippen molar-refractivity contribution in [3.63, 3.8) is 0 Å².